The van der Waals surface area contributed by atoms with Gasteiger partial charge in [-0.1, -0.05) is 0 Å². The second-order valence-corrected chi connectivity index (χ2v) is 1.44. The molecule has 0 rings (SSSR count). The summed E-state index contributed by atoms with van der Waals surface area (Å²) < 4.78 is 0. The minimum Gasteiger partial charge on any atom is -0.303 e. The number of aldehydes is 2. The predicted molar refractivity (Wildman–Crippen MR) is 26.3 cm³/mol. The fraction of sp³-hybridized carbons (Fsp3) is 0.400. The van der Waals surface area contributed by atoms with E-state index in [-0.39, 0.29) is 6.29 Å². The molecular weight excluding hydrogens is 108 g/mol. The van der Waals surface area contributed by atoms with Crippen LogP contribution in [-0.4, -0.2) is 18.4 Å². The standard InChI is InChI=1S/C5H6O3/c1-4(2-6)5(8)3-7/h2-4H,1H3. The second kappa shape index (κ2) is 3.07. The highest BCUT2D eigenvalue weighted by atomic mass is 16.2. The number of hydrogen-bond donors (Lipinski definition) is 0. The molecule has 1 unspecified atom stereocenters. The van der Waals surface area contributed by atoms with Gasteiger partial charge in [0.25, 0.3) is 0 Å². The second-order valence-electron chi connectivity index (χ2n) is 1.44. The average Bonchev–Trinajstić information content (AvgIpc) is 1.84. The van der Waals surface area contributed by atoms with E-state index < -0.39 is 11.7 Å². The van der Waals surface area contributed by atoms with Crippen molar-refractivity contribution in [3.8, 4) is 0 Å². The molecule has 0 amide bonds. The molecule has 0 fully saturated rings. The smallest absolute Gasteiger partial charge is 0.205 e. The monoisotopic (exact) mass is 114 g/mol. The molecule has 0 spiro atoms. The first-order valence-corrected chi connectivity index (χ1v) is 2.16. The molecule has 0 aromatic rings. The Bertz CT molecular complexity index is 117. The number of Topliss-reactive ketones (excluding diaryl/α,β-unsaturated/α-hetero) is 1. The zero-order valence-electron chi connectivity index (χ0n) is 4.46. The molecule has 0 saturated heterocycles. The van der Waals surface area contributed by atoms with Crippen molar-refractivity contribution in [2.24, 2.45) is 5.92 Å². The van der Waals surface area contributed by atoms with Gasteiger partial charge in [0.2, 0.25) is 5.78 Å². The van der Waals surface area contributed by atoms with E-state index in [0.717, 1.165) is 0 Å². The molecule has 0 saturated carbocycles. The lowest BCUT2D eigenvalue weighted by molar-refractivity contribution is -0.134. The maximum absolute atomic E-state index is 10.1. The van der Waals surface area contributed by atoms with Gasteiger partial charge in [0.1, 0.15) is 6.29 Å². The van der Waals surface area contributed by atoms with Gasteiger partial charge in [0.05, 0.1) is 5.92 Å². The Kier molecular flexibility index (Phi) is 2.69. The van der Waals surface area contributed by atoms with Gasteiger partial charge < -0.3 is 4.79 Å². The third-order valence-corrected chi connectivity index (χ3v) is 0.769. The van der Waals surface area contributed by atoms with E-state index in [0.29, 0.717) is 6.29 Å². The van der Waals surface area contributed by atoms with Crippen LogP contribution in [-0.2, 0) is 14.4 Å². The van der Waals surface area contributed by atoms with Crippen molar-refractivity contribution >= 4 is 18.4 Å². The topological polar surface area (TPSA) is 51.2 Å². The summed E-state index contributed by atoms with van der Waals surface area (Å²) in [4.78, 5) is 29.5. The molecule has 0 N–H and O–H groups in total. The lowest BCUT2D eigenvalue weighted by atomic mass is 10.1. The minimum atomic E-state index is -0.771. The molecule has 1 atom stereocenters. The Morgan fingerprint density at radius 2 is 2.00 bits per heavy atom. The molecule has 0 aliphatic rings. The fourth-order valence-corrected chi connectivity index (χ4v) is 0.174. The number of carbonyl (C=O) groups excluding carboxylic acids is 3. The summed E-state index contributed by atoms with van der Waals surface area (Å²) in [5.41, 5.74) is 0. The summed E-state index contributed by atoms with van der Waals surface area (Å²) in [6.07, 6.45) is 0.593. The summed E-state index contributed by atoms with van der Waals surface area (Å²) in [5, 5.41) is 0. The lowest BCUT2D eigenvalue weighted by Gasteiger charge is -1.88. The SMILES string of the molecule is CC(C=O)C(=O)C=O. The maximum atomic E-state index is 10.1. The van der Waals surface area contributed by atoms with Crippen molar-refractivity contribution in [2.75, 3.05) is 0 Å². The number of hydrogen-bond acceptors (Lipinski definition) is 3. The largest absolute Gasteiger partial charge is 0.303 e. The molecule has 8 heavy (non-hydrogen) atoms. The first kappa shape index (κ1) is 7.01. The summed E-state index contributed by atoms with van der Waals surface area (Å²) in [7, 11) is 0. The molecule has 3 nitrogen and oxygen atoms in total. The molecular formula is C5H6O3. The molecule has 0 bridgehead atoms. The Balaban J connectivity index is 3.80. The minimum absolute atomic E-state index is 0.152. The summed E-state index contributed by atoms with van der Waals surface area (Å²) in [6, 6.07) is 0. The Hall–Kier alpha value is -0.990. The fourth-order valence-electron chi connectivity index (χ4n) is 0.174. The third kappa shape index (κ3) is 1.64. The Morgan fingerprint density at radius 3 is 2.12 bits per heavy atom. The van der Waals surface area contributed by atoms with Crippen LogP contribution in [0.1, 0.15) is 6.92 Å². The molecule has 0 aliphatic heterocycles. The first-order valence-electron chi connectivity index (χ1n) is 2.16. The van der Waals surface area contributed by atoms with Crippen molar-refractivity contribution in [3.63, 3.8) is 0 Å². The van der Waals surface area contributed by atoms with Crippen molar-refractivity contribution in [1.82, 2.24) is 0 Å². The molecule has 0 radical (unpaired) electrons. The number of ketones is 1. The number of carbonyl (C=O) groups is 3. The van der Waals surface area contributed by atoms with Crippen LogP contribution in [0.3, 0.4) is 0 Å². The number of rotatable bonds is 3. The molecule has 0 heterocycles. The van der Waals surface area contributed by atoms with Gasteiger partial charge in [-0.05, 0) is 6.92 Å². The van der Waals surface area contributed by atoms with E-state index in [4.69, 9.17) is 0 Å². The van der Waals surface area contributed by atoms with Crippen LogP contribution in [0.4, 0.5) is 0 Å². The van der Waals surface area contributed by atoms with E-state index in [1.54, 1.807) is 0 Å². The summed E-state index contributed by atoms with van der Waals surface area (Å²) in [6.45, 7) is 1.38. The van der Waals surface area contributed by atoms with Gasteiger partial charge in [-0.25, -0.2) is 0 Å². The molecule has 0 aromatic carbocycles. The summed E-state index contributed by atoms with van der Waals surface area (Å²) in [5.74, 6) is -1.44. The first-order chi connectivity index (χ1) is 3.72. The van der Waals surface area contributed by atoms with Gasteiger partial charge in [0.15, 0.2) is 6.29 Å². The van der Waals surface area contributed by atoms with Gasteiger partial charge >= 0.3 is 0 Å². The van der Waals surface area contributed by atoms with Gasteiger partial charge in [-0.2, -0.15) is 0 Å². The van der Waals surface area contributed by atoms with Crippen LogP contribution in [0.15, 0.2) is 0 Å². The Labute approximate surface area is 46.7 Å². The van der Waals surface area contributed by atoms with Crippen molar-refractivity contribution in [3.05, 3.63) is 0 Å². The third-order valence-electron chi connectivity index (χ3n) is 0.769. The normalized spacial score (nSPS) is 12.1. The van der Waals surface area contributed by atoms with Crippen LogP contribution < -0.4 is 0 Å². The molecule has 3 heteroatoms. The highest BCUT2D eigenvalue weighted by Crippen LogP contribution is 1.86. The highest BCUT2D eigenvalue weighted by Gasteiger charge is 2.07. The zero-order chi connectivity index (χ0) is 6.57. The van der Waals surface area contributed by atoms with E-state index in [9.17, 15) is 14.4 Å². The quantitative estimate of drug-likeness (QED) is 0.284. The van der Waals surface area contributed by atoms with Gasteiger partial charge in [0, 0.05) is 0 Å². The van der Waals surface area contributed by atoms with E-state index in [2.05, 4.69) is 0 Å². The highest BCUT2D eigenvalue weighted by molar-refractivity contribution is 6.29. The van der Waals surface area contributed by atoms with Gasteiger partial charge in [-0.3, -0.25) is 9.59 Å². The summed E-state index contributed by atoms with van der Waals surface area (Å²) >= 11 is 0. The zero-order valence-corrected chi connectivity index (χ0v) is 4.46. The molecule has 0 aliphatic carbocycles. The van der Waals surface area contributed by atoms with Crippen LogP contribution in [0.25, 0.3) is 0 Å². The van der Waals surface area contributed by atoms with Crippen LogP contribution in [0.2, 0.25) is 0 Å². The molecule has 44 valence electrons. The van der Waals surface area contributed by atoms with Gasteiger partial charge in [-0.15, -0.1) is 0 Å². The van der Waals surface area contributed by atoms with Crippen molar-refractivity contribution in [2.45, 2.75) is 6.92 Å². The Morgan fingerprint density at radius 1 is 1.50 bits per heavy atom. The van der Waals surface area contributed by atoms with Crippen molar-refractivity contribution in [1.29, 1.82) is 0 Å². The predicted octanol–water partition coefficient (Wildman–Crippen LogP) is -0.411. The van der Waals surface area contributed by atoms with E-state index >= 15 is 0 Å². The van der Waals surface area contributed by atoms with E-state index in [1.165, 1.54) is 6.92 Å². The molecule has 0 aromatic heterocycles. The van der Waals surface area contributed by atoms with E-state index in [1.807, 2.05) is 0 Å². The maximum Gasteiger partial charge on any atom is 0.205 e. The van der Waals surface area contributed by atoms with Crippen LogP contribution >= 0.6 is 0 Å². The van der Waals surface area contributed by atoms with Crippen molar-refractivity contribution < 1.29 is 14.4 Å². The van der Waals surface area contributed by atoms with Crippen LogP contribution in [0, 0.1) is 5.92 Å². The van der Waals surface area contributed by atoms with Crippen LogP contribution in [0.5, 0.6) is 0 Å². The lowest BCUT2D eigenvalue weighted by Crippen LogP contribution is -2.12. The average molecular weight is 114 g/mol.